The van der Waals surface area contributed by atoms with Crippen LogP contribution in [0.4, 0.5) is 15.8 Å². The number of amides is 2. The number of halogens is 1. The predicted molar refractivity (Wildman–Crippen MR) is 106 cm³/mol. The number of anilines is 2. The van der Waals surface area contributed by atoms with Gasteiger partial charge < -0.3 is 15.5 Å². The molecule has 0 unspecified atom stereocenters. The number of nitrogens with zero attached hydrogens (tertiary/aromatic N) is 1. The van der Waals surface area contributed by atoms with Crippen LogP contribution in [-0.4, -0.2) is 31.4 Å². The summed E-state index contributed by atoms with van der Waals surface area (Å²) in [5, 5.41) is 5.36. The van der Waals surface area contributed by atoms with Crippen molar-refractivity contribution >= 4 is 23.2 Å². The minimum atomic E-state index is -0.386. The summed E-state index contributed by atoms with van der Waals surface area (Å²) in [6.45, 7) is 6.28. The highest BCUT2D eigenvalue weighted by atomic mass is 19.1. The van der Waals surface area contributed by atoms with Gasteiger partial charge in [-0.1, -0.05) is 18.2 Å². The number of nitrogens with one attached hydrogen (secondary N) is 2. The maximum absolute atomic E-state index is 13.5. The van der Waals surface area contributed by atoms with Crippen molar-refractivity contribution in [3.05, 3.63) is 59.9 Å². The van der Waals surface area contributed by atoms with Crippen LogP contribution in [0.5, 0.6) is 0 Å². The first-order valence-corrected chi connectivity index (χ1v) is 9.18. The van der Waals surface area contributed by atoms with Gasteiger partial charge in [-0.2, -0.15) is 0 Å². The van der Waals surface area contributed by atoms with Gasteiger partial charge in [0.25, 0.3) is 0 Å². The maximum Gasteiger partial charge on any atom is 0.233 e. The Labute approximate surface area is 159 Å². The quantitative estimate of drug-likeness (QED) is 0.665. The number of carbonyl (C=O) groups is 2. The number of benzene rings is 2. The standard InChI is InChI=1S/C21H26FN3O2/c1-3-25(4-2)18-11-9-17(10-12-18)24-21(27)15-20(26)23-14-13-16-7-5-6-8-19(16)22/h5-12H,3-4,13-15H2,1-2H3,(H,23,26)(H,24,27). The summed E-state index contributed by atoms with van der Waals surface area (Å²) in [6, 6.07) is 14.0. The second-order valence-corrected chi connectivity index (χ2v) is 6.14. The summed E-state index contributed by atoms with van der Waals surface area (Å²) in [4.78, 5) is 26.1. The molecular formula is C21H26FN3O2. The van der Waals surface area contributed by atoms with Gasteiger partial charge >= 0.3 is 0 Å². The van der Waals surface area contributed by atoms with Crippen molar-refractivity contribution in [2.24, 2.45) is 0 Å². The van der Waals surface area contributed by atoms with Crippen molar-refractivity contribution in [2.45, 2.75) is 26.7 Å². The lowest BCUT2D eigenvalue weighted by molar-refractivity contribution is -0.126. The molecule has 144 valence electrons. The van der Waals surface area contributed by atoms with E-state index in [9.17, 15) is 14.0 Å². The molecule has 0 atom stereocenters. The number of carbonyl (C=O) groups excluding carboxylic acids is 2. The molecule has 27 heavy (non-hydrogen) atoms. The van der Waals surface area contributed by atoms with Crippen LogP contribution >= 0.6 is 0 Å². The van der Waals surface area contributed by atoms with Crippen molar-refractivity contribution in [3.8, 4) is 0 Å². The molecule has 0 aliphatic carbocycles. The van der Waals surface area contributed by atoms with Crippen LogP contribution in [0.2, 0.25) is 0 Å². The van der Waals surface area contributed by atoms with Gasteiger partial charge in [-0.05, 0) is 56.2 Å². The molecule has 0 bridgehead atoms. The smallest absolute Gasteiger partial charge is 0.233 e. The third kappa shape index (κ3) is 6.40. The van der Waals surface area contributed by atoms with Gasteiger partial charge in [-0.15, -0.1) is 0 Å². The second kappa shape index (κ2) is 10.3. The Balaban J connectivity index is 1.76. The molecule has 0 heterocycles. The summed E-state index contributed by atoms with van der Waals surface area (Å²) in [5.74, 6) is -1.06. The Hall–Kier alpha value is -2.89. The summed E-state index contributed by atoms with van der Waals surface area (Å²) in [6.07, 6.45) is 0.113. The van der Waals surface area contributed by atoms with Gasteiger partial charge in [0, 0.05) is 31.0 Å². The minimum absolute atomic E-state index is 0.269. The Kier molecular flexibility index (Phi) is 7.79. The maximum atomic E-state index is 13.5. The van der Waals surface area contributed by atoms with E-state index >= 15 is 0 Å². The monoisotopic (exact) mass is 371 g/mol. The van der Waals surface area contributed by atoms with Crippen LogP contribution in [0.3, 0.4) is 0 Å². The molecule has 2 N–H and O–H groups in total. The highest BCUT2D eigenvalue weighted by Gasteiger charge is 2.10. The Morgan fingerprint density at radius 1 is 0.963 bits per heavy atom. The van der Waals surface area contributed by atoms with E-state index in [1.54, 1.807) is 18.2 Å². The van der Waals surface area contributed by atoms with E-state index in [1.165, 1.54) is 6.07 Å². The molecule has 0 fully saturated rings. The topological polar surface area (TPSA) is 61.4 Å². The first-order valence-electron chi connectivity index (χ1n) is 9.18. The van der Waals surface area contributed by atoms with Crippen LogP contribution in [0.1, 0.15) is 25.8 Å². The van der Waals surface area contributed by atoms with E-state index in [0.717, 1.165) is 18.8 Å². The highest BCUT2D eigenvalue weighted by Crippen LogP contribution is 2.17. The minimum Gasteiger partial charge on any atom is -0.372 e. The highest BCUT2D eigenvalue weighted by molar-refractivity contribution is 6.03. The summed E-state index contributed by atoms with van der Waals surface area (Å²) < 4.78 is 13.5. The van der Waals surface area contributed by atoms with Gasteiger partial charge in [-0.3, -0.25) is 9.59 Å². The van der Waals surface area contributed by atoms with Crippen molar-refractivity contribution in [2.75, 3.05) is 29.9 Å². The SMILES string of the molecule is CCN(CC)c1ccc(NC(=O)CC(=O)NCCc2ccccc2F)cc1. The van der Waals surface area contributed by atoms with E-state index < -0.39 is 0 Å². The van der Waals surface area contributed by atoms with Crippen molar-refractivity contribution in [1.29, 1.82) is 0 Å². The Bertz CT molecular complexity index is 758. The van der Waals surface area contributed by atoms with Gasteiger partial charge in [0.15, 0.2) is 0 Å². The fourth-order valence-electron chi connectivity index (χ4n) is 2.80. The first-order chi connectivity index (χ1) is 13.0. The number of hydrogen-bond donors (Lipinski definition) is 2. The van der Waals surface area contributed by atoms with Gasteiger partial charge in [0.05, 0.1) is 0 Å². The average molecular weight is 371 g/mol. The van der Waals surface area contributed by atoms with Gasteiger partial charge in [0.1, 0.15) is 12.2 Å². The summed E-state index contributed by atoms with van der Waals surface area (Å²) in [7, 11) is 0. The Morgan fingerprint density at radius 3 is 2.26 bits per heavy atom. The number of rotatable bonds is 9. The molecule has 0 aliphatic heterocycles. The van der Waals surface area contributed by atoms with Crippen LogP contribution in [0, 0.1) is 5.82 Å². The zero-order valence-electron chi connectivity index (χ0n) is 15.8. The molecule has 0 radical (unpaired) electrons. The molecule has 5 nitrogen and oxygen atoms in total. The molecule has 0 aromatic heterocycles. The zero-order chi connectivity index (χ0) is 19.6. The van der Waals surface area contributed by atoms with E-state index in [0.29, 0.717) is 17.7 Å². The van der Waals surface area contributed by atoms with E-state index in [4.69, 9.17) is 0 Å². The molecule has 2 amide bonds. The Morgan fingerprint density at radius 2 is 1.63 bits per heavy atom. The molecule has 2 aromatic carbocycles. The van der Waals surface area contributed by atoms with E-state index in [-0.39, 0.29) is 30.6 Å². The molecule has 0 aliphatic rings. The molecule has 0 spiro atoms. The van der Waals surface area contributed by atoms with Gasteiger partial charge in [-0.25, -0.2) is 4.39 Å². The number of hydrogen-bond acceptors (Lipinski definition) is 3. The molecule has 0 saturated carbocycles. The third-order valence-corrected chi connectivity index (χ3v) is 4.28. The van der Waals surface area contributed by atoms with Crippen LogP contribution < -0.4 is 15.5 Å². The molecular weight excluding hydrogens is 345 g/mol. The molecule has 0 saturated heterocycles. The lowest BCUT2D eigenvalue weighted by Crippen LogP contribution is -2.29. The largest absolute Gasteiger partial charge is 0.372 e. The molecule has 2 rings (SSSR count). The summed E-state index contributed by atoms with van der Waals surface area (Å²) >= 11 is 0. The molecule has 6 heteroatoms. The lowest BCUT2D eigenvalue weighted by atomic mass is 10.1. The predicted octanol–water partition coefficient (Wildman–Crippen LogP) is 3.36. The van der Waals surface area contributed by atoms with Crippen LogP contribution in [-0.2, 0) is 16.0 Å². The van der Waals surface area contributed by atoms with E-state index in [1.807, 2.05) is 24.3 Å². The van der Waals surface area contributed by atoms with Crippen molar-refractivity contribution < 1.29 is 14.0 Å². The van der Waals surface area contributed by atoms with E-state index in [2.05, 4.69) is 29.4 Å². The molecule has 2 aromatic rings. The zero-order valence-corrected chi connectivity index (χ0v) is 15.8. The summed E-state index contributed by atoms with van der Waals surface area (Å²) in [5.41, 5.74) is 2.27. The van der Waals surface area contributed by atoms with Crippen molar-refractivity contribution in [1.82, 2.24) is 5.32 Å². The lowest BCUT2D eigenvalue weighted by Gasteiger charge is -2.21. The average Bonchev–Trinajstić information content (AvgIpc) is 2.65. The first kappa shape index (κ1) is 20.4. The second-order valence-electron chi connectivity index (χ2n) is 6.14. The van der Waals surface area contributed by atoms with Crippen LogP contribution in [0.15, 0.2) is 48.5 Å². The van der Waals surface area contributed by atoms with Crippen molar-refractivity contribution in [3.63, 3.8) is 0 Å². The van der Waals surface area contributed by atoms with Crippen LogP contribution in [0.25, 0.3) is 0 Å². The fraction of sp³-hybridized carbons (Fsp3) is 0.333. The normalized spacial score (nSPS) is 10.3. The van der Waals surface area contributed by atoms with Gasteiger partial charge in [0.2, 0.25) is 11.8 Å². The third-order valence-electron chi connectivity index (χ3n) is 4.28. The fourth-order valence-corrected chi connectivity index (χ4v) is 2.80.